The van der Waals surface area contributed by atoms with Gasteiger partial charge < -0.3 is 15.5 Å². The highest BCUT2D eigenvalue weighted by molar-refractivity contribution is 7.13. The van der Waals surface area contributed by atoms with Crippen molar-refractivity contribution in [3.63, 3.8) is 0 Å². The lowest BCUT2D eigenvalue weighted by atomic mass is 10.0. The van der Waals surface area contributed by atoms with Gasteiger partial charge in [-0.05, 0) is 18.6 Å². The first-order chi connectivity index (χ1) is 12.4. The van der Waals surface area contributed by atoms with Crippen molar-refractivity contribution < 1.29 is 8.78 Å². The van der Waals surface area contributed by atoms with Gasteiger partial charge in [-0.3, -0.25) is 0 Å². The van der Waals surface area contributed by atoms with E-state index in [0.717, 1.165) is 16.9 Å². The molecule has 0 aliphatic heterocycles. The van der Waals surface area contributed by atoms with E-state index in [2.05, 4.69) is 20.6 Å². The summed E-state index contributed by atoms with van der Waals surface area (Å²) in [6, 6.07) is 3.67. The summed E-state index contributed by atoms with van der Waals surface area (Å²) in [5.74, 6) is -0.582. The summed E-state index contributed by atoms with van der Waals surface area (Å²) in [6.07, 6.45) is 0. The number of aliphatic imine (C=N–C) groups is 1. The molecule has 5 nitrogen and oxygen atoms in total. The maximum Gasteiger partial charge on any atom is 0.191 e. The van der Waals surface area contributed by atoms with E-state index in [4.69, 9.17) is 0 Å². The molecule has 0 bridgehead atoms. The molecule has 0 saturated heterocycles. The van der Waals surface area contributed by atoms with Gasteiger partial charge in [0.05, 0.1) is 12.2 Å². The van der Waals surface area contributed by atoms with E-state index >= 15 is 0 Å². The molecule has 0 amide bonds. The van der Waals surface area contributed by atoms with Crippen LogP contribution in [0.25, 0.3) is 0 Å². The van der Waals surface area contributed by atoms with Gasteiger partial charge in [0.15, 0.2) is 11.1 Å². The zero-order valence-electron chi connectivity index (χ0n) is 15.5. The van der Waals surface area contributed by atoms with Crippen LogP contribution in [0.15, 0.2) is 28.6 Å². The quantitative estimate of drug-likeness (QED) is 0.571. The first kappa shape index (κ1) is 20.1. The second-order valence-electron chi connectivity index (χ2n) is 6.16. The highest BCUT2D eigenvalue weighted by Crippen LogP contribution is 2.20. The van der Waals surface area contributed by atoms with Crippen LogP contribution in [0.2, 0.25) is 0 Å². The predicted octanol–water partition coefficient (Wildman–Crippen LogP) is 3.35. The number of rotatable bonds is 7. The molecule has 1 heterocycles. The third-order valence-corrected chi connectivity index (χ3v) is 4.79. The smallest absolute Gasteiger partial charge is 0.191 e. The van der Waals surface area contributed by atoms with E-state index in [9.17, 15) is 8.78 Å². The summed E-state index contributed by atoms with van der Waals surface area (Å²) in [5.41, 5.74) is 1.37. The van der Waals surface area contributed by atoms with E-state index in [1.165, 1.54) is 12.1 Å². The van der Waals surface area contributed by atoms with Crippen LogP contribution in [0, 0.1) is 11.6 Å². The number of halogens is 2. The molecule has 142 valence electrons. The van der Waals surface area contributed by atoms with Crippen LogP contribution in [0.3, 0.4) is 0 Å². The fourth-order valence-electron chi connectivity index (χ4n) is 2.34. The molecule has 1 atom stereocenters. The Balaban J connectivity index is 1.97. The first-order valence-electron chi connectivity index (χ1n) is 8.49. The van der Waals surface area contributed by atoms with E-state index in [1.54, 1.807) is 11.3 Å². The van der Waals surface area contributed by atoms with Crippen LogP contribution in [0.5, 0.6) is 0 Å². The Morgan fingerprint density at radius 2 is 2.08 bits per heavy atom. The molecular formula is C18H25F2N5S. The topological polar surface area (TPSA) is 52.6 Å². The predicted molar refractivity (Wildman–Crippen MR) is 104 cm³/mol. The number of benzene rings is 1. The standard InChI is InChI=1S/C18H25F2N5S/c1-5-21-17(23-10-14-11-26-18(24-14)25(3)4)22-9-12(2)15-7-6-13(19)8-16(15)20/h6-8,11-12H,5,9-10H2,1-4H3,(H2,21,22,23). The molecule has 0 fully saturated rings. The number of anilines is 1. The largest absolute Gasteiger partial charge is 0.357 e. The molecule has 1 aromatic heterocycles. The molecule has 8 heteroatoms. The first-order valence-corrected chi connectivity index (χ1v) is 9.37. The Hall–Kier alpha value is -2.22. The Morgan fingerprint density at radius 1 is 1.31 bits per heavy atom. The number of hydrogen-bond acceptors (Lipinski definition) is 4. The van der Waals surface area contributed by atoms with E-state index < -0.39 is 11.6 Å². The molecule has 2 aromatic rings. The van der Waals surface area contributed by atoms with Gasteiger partial charge in [0, 0.05) is 44.5 Å². The SMILES string of the molecule is CCNC(=NCc1csc(N(C)C)n1)NCC(C)c1ccc(F)cc1F. The maximum absolute atomic E-state index is 13.9. The number of thiazole rings is 1. The van der Waals surface area contributed by atoms with E-state index in [-0.39, 0.29) is 5.92 Å². The average Bonchev–Trinajstić information content (AvgIpc) is 3.06. The molecule has 1 unspecified atom stereocenters. The summed E-state index contributed by atoms with van der Waals surface area (Å²) < 4.78 is 26.9. The van der Waals surface area contributed by atoms with E-state index in [0.29, 0.717) is 31.2 Å². The Kier molecular flexibility index (Phi) is 7.32. The van der Waals surface area contributed by atoms with Crippen LogP contribution < -0.4 is 15.5 Å². The molecule has 0 radical (unpaired) electrons. The Bertz CT molecular complexity index is 745. The van der Waals surface area contributed by atoms with Gasteiger partial charge >= 0.3 is 0 Å². The number of nitrogens with one attached hydrogen (secondary N) is 2. The molecule has 2 rings (SSSR count). The third-order valence-electron chi connectivity index (χ3n) is 3.73. The van der Waals surface area contributed by atoms with Gasteiger partial charge in [0.2, 0.25) is 0 Å². The van der Waals surface area contributed by atoms with Crippen LogP contribution in [-0.2, 0) is 6.54 Å². The second kappa shape index (κ2) is 9.47. The lowest BCUT2D eigenvalue weighted by Crippen LogP contribution is -2.39. The number of nitrogens with zero attached hydrogens (tertiary/aromatic N) is 3. The summed E-state index contributed by atoms with van der Waals surface area (Å²) in [5, 5.41) is 9.29. The summed E-state index contributed by atoms with van der Waals surface area (Å²) in [7, 11) is 3.90. The molecule has 0 spiro atoms. The van der Waals surface area contributed by atoms with Crippen molar-refractivity contribution in [2.75, 3.05) is 32.1 Å². The van der Waals surface area contributed by atoms with Gasteiger partial charge in [-0.1, -0.05) is 13.0 Å². The second-order valence-corrected chi connectivity index (χ2v) is 7.00. The Labute approximate surface area is 157 Å². The van der Waals surface area contributed by atoms with E-state index in [1.807, 2.05) is 38.2 Å². The van der Waals surface area contributed by atoms with Gasteiger partial charge in [0.1, 0.15) is 11.6 Å². The molecule has 0 saturated carbocycles. The summed E-state index contributed by atoms with van der Waals surface area (Å²) >= 11 is 1.57. The lowest BCUT2D eigenvalue weighted by Gasteiger charge is -2.16. The fourth-order valence-corrected chi connectivity index (χ4v) is 3.09. The monoisotopic (exact) mass is 381 g/mol. The summed E-state index contributed by atoms with van der Waals surface area (Å²) in [6.45, 7) is 5.52. The number of aromatic nitrogens is 1. The van der Waals surface area contributed by atoms with Gasteiger partial charge in [0.25, 0.3) is 0 Å². The molecule has 0 aliphatic carbocycles. The number of hydrogen-bond donors (Lipinski definition) is 2. The maximum atomic E-state index is 13.9. The molecule has 26 heavy (non-hydrogen) atoms. The van der Waals surface area contributed by atoms with Crippen molar-refractivity contribution in [1.82, 2.24) is 15.6 Å². The minimum absolute atomic E-state index is 0.126. The average molecular weight is 381 g/mol. The summed E-state index contributed by atoms with van der Waals surface area (Å²) in [4.78, 5) is 11.0. The minimum atomic E-state index is -0.568. The third kappa shape index (κ3) is 5.66. The minimum Gasteiger partial charge on any atom is -0.357 e. The van der Waals surface area contributed by atoms with Gasteiger partial charge in [-0.15, -0.1) is 11.3 Å². The normalized spacial score (nSPS) is 12.8. The van der Waals surface area contributed by atoms with Crippen molar-refractivity contribution in [2.45, 2.75) is 26.3 Å². The number of guanidine groups is 1. The molecular weight excluding hydrogens is 356 g/mol. The molecule has 2 N–H and O–H groups in total. The van der Waals surface area contributed by atoms with Crippen molar-refractivity contribution in [3.05, 3.63) is 46.5 Å². The van der Waals surface area contributed by atoms with Crippen LogP contribution >= 0.6 is 11.3 Å². The fraction of sp³-hybridized carbons (Fsp3) is 0.444. The van der Waals surface area contributed by atoms with Crippen LogP contribution in [0.4, 0.5) is 13.9 Å². The van der Waals surface area contributed by atoms with Crippen molar-refractivity contribution >= 4 is 22.4 Å². The van der Waals surface area contributed by atoms with Crippen molar-refractivity contribution in [2.24, 2.45) is 4.99 Å². The van der Waals surface area contributed by atoms with Gasteiger partial charge in [-0.2, -0.15) is 0 Å². The zero-order valence-corrected chi connectivity index (χ0v) is 16.3. The van der Waals surface area contributed by atoms with Gasteiger partial charge in [-0.25, -0.2) is 18.8 Å². The van der Waals surface area contributed by atoms with Crippen molar-refractivity contribution in [1.29, 1.82) is 0 Å². The molecule has 1 aromatic carbocycles. The van der Waals surface area contributed by atoms with Crippen LogP contribution in [0.1, 0.15) is 31.0 Å². The zero-order chi connectivity index (χ0) is 19.1. The molecule has 0 aliphatic rings. The Morgan fingerprint density at radius 3 is 2.69 bits per heavy atom. The lowest BCUT2D eigenvalue weighted by molar-refractivity contribution is 0.556. The highest BCUT2D eigenvalue weighted by atomic mass is 32.1. The highest BCUT2D eigenvalue weighted by Gasteiger charge is 2.12. The van der Waals surface area contributed by atoms with Crippen LogP contribution in [-0.4, -0.2) is 38.1 Å². The van der Waals surface area contributed by atoms with Crippen molar-refractivity contribution in [3.8, 4) is 0 Å².